The van der Waals surface area contributed by atoms with Crippen molar-refractivity contribution in [3.8, 4) is 0 Å². The molecule has 6 heavy (non-hydrogen) atoms. The SMILES string of the molecule is [Br-].[Br-].[CH2]C=C.[In]. The molecule has 0 aromatic heterocycles. The van der Waals surface area contributed by atoms with E-state index >= 15 is 0 Å². The molecule has 0 aliphatic heterocycles. The van der Waals surface area contributed by atoms with E-state index in [1.165, 1.54) is 6.08 Å². The quantitative estimate of drug-likeness (QED) is 0.419. The summed E-state index contributed by atoms with van der Waals surface area (Å²) < 4.78 is 0. The number of rotatable bonds is 0. The molecule has 0 rings (SSSR count). The third-order valence-corrected chi connectivity index (χ3v) is 0. The summed E-state index contributed by atoms with van der Waals surface area (Å²) in [5.74, 6) is 0. The maximum atomic E-state index is 3.25. The molecule has 0 saturated carbocycles. The molecule has 0 aliphatic rings. The summed E-state index contributed by atoms with van der Waals surface area (Å²) in [4.78, 5) is 0. The Kier molecular flexibility index (Phi) is 132. The summed E-state index contributed by atoms with van der Waals surface area (Å²) in [6, 6.07) is 0. The normalized spacial score (nSPS) is 2.17. The summed E-state index contributed by atoms with van der Waals surface area (Å²) >= 11 is 0. The average Bonchev–Trinajstić information content (AvgIpc) is 0.918. The Morgan fingerprint density at radius 1 is 1.17 bits per heavy atom. The zero-order valence-corrected chi connectivity index (χ0v) is 9.79. The minimum Gasteiger partial charge on any atom is -1.00 e. The minimum atomic E-state index is 0. The second-order valence-electron chi connectivity index (χ2n) is 0.289. The Morgan fingerprint density at radius 3 is 1.17 bits per heavy atom. The van der Waals surface area contributed by atoms with Crippen molar-refractivity contribution in [2.75, 3.05) is 0 Å². The van der Waals surface area contributed by atoms with Crippen LogP contribution in [0.15, 0.2) is 12.7 Å². The average molecular weight is 316 g/mol. The van der Waals surface area contributed by atoms with E-state index in [0.717, 1.165) is 0 Å². The summed E-state index contributed by atoms with van der Waals surface area (Å²) in [7, 11) is 0. The van der Waals surface area contributed by atoms with Crippen molar-refractivity contribution >= 4 is 25.8 Å². The van der Waals surface area contributed by atoms with Crippen molar-refractivity contribution < 1.29 is 34.0 Å². The molecule has 0 aliphatic carbocycles. The second kappa shape index (κ2) is 30.9. The van der Waals surface area contributed by atoms with Gasteiger partial charge in [0.1, 0.15) is 0 Å². The van der Waals surface area contributed by atoms with Crippen LogP contribution in [-0.2, 0) is 0 Å². The molecule has 0 aromatic rings. The maximum Gasteiger partial charge on any atom is 0 e. The van der Waals surface area contributed by atoms with E-state index in [4.69, 9.17) is 0 Å². The van der Waals surface area contributed by atoms with Crippen molar-refractivity contribution in [1.29, 1.82) is 0 Å². The second-order valence-corrected chi connectivity index (χ2v) is 0.289. The predicted octanol–water partition coefficient (Wildman–Crippen LogP) is -5.37. The van der Waals surface area contributed by atoms with Gasteiger partial charge in [0.2, 0.25) is 0 Å². The van der Waals surface area contributed by atoms with E-state index in [-0.39, 0.29) is 59.8 Å². The van der Waals surface area contributed by atoms with Gasteiger partial charge in [-0.2, -0.15) is 0 Å². The van der Waals surface area contributed by atoms with Gasteiger partial charge in [0, 0.05) is 25.8 Å². The first-order valence-corrected chi connectivity index (χ1v) is 0.816. The number of halogens is 2. The van der Waals surface area contributed by atoms with Crippen LogP contribution in [-0.4, -0.2) is 25.8 Å². The Morgan fingerprint density at radius 2 is 1.17 bits per heavy atom. The van der Waals surface area contributed by atoms with Crippen molar-refractivity contribution in [2.45, 2.75) is 0 Å². The van der Waals surface area contributed by atoms with Gasteiger partial charge in [0.15, 0.2) is 0 Å². The van der Waals surface area contributed by atoms with Gasteiger partial charge in [0.05, 0.1) is 0 Å². The van der Waals surface area contributed by atoms with Crippen molar-refractivity contribution in [1.82, 2.24) is 0 Å². The molecule has 0 bridgehead atoms. The van der Waals surface area contributed by atoms with Crippen molar-refractivity contribution in [3.63, 3.8) is 0 Å². The maximum absolute atomic E-state index is 3.25. The fraction of sp³-hybridized carbons (Fsp3) is 0. The van der Waals surface area contributed by atoms with Crippen molar-refractivity contribution in [3.05, 3.63) is 19.6 Å². The monoisotopic (exact) mass is 314 g/mol. The molecule has 0 nitrogen and oxygen atoms in total. The van der Waals surface area contributed by atoms with Crippen molar-refractivity contribution in [2.24, 2.45) is 0 Å². The van der Waals surface area contributed by atoms with Crippen LogP contribution < -0.4 is 34.0 Å². The van der Waals surface area contributed by atoms with E-state index in [1.807, 2.05) is 0 Å². The Bertz CT molecular complexity index is 16.3. The van der Waals surface area contributed by atoms with Gasteiger partial charge in [0.25, 0.3) is 0 Å². The van der Waals surface area contributed by atoms with E-state index in [2.05, 4.69) is 13.5 Å². The molecule has 0 N–H and O–H groups in total. The molecule has 4 radical (unpaired) electrons. The number of allylic oxidation sites excluding steroid dienone is 1. The van der Waals surface area contributed by atoms with Crippen LogP contribution in [0.3, 0.4) is 0 Å². The first kappa shape index (κ1) is 25.6. The standard InChI is InChI=1S/C3H5.2BrH.In/c1-3-2;;;/h3H,1-2H2;2*1H;/p-2. The zero-order chi connectivity index (χ0) is 2.71. The van der Waals surface area contributed by atoms with E-state index in [9.17, 15) is 0 Å². The molecule has 0 atom stereocenters. The Hall–Kier alpha value is 1.57. The van der Waals surface area contributed by atoms with Gasteiger partial charge in [-0.3, -0.25) is 0 Å². The molecule has 0 heterocycles. The largest absolute Gasteiger partial charge is 1.00 e. The summed E-state index contributed by atoms with van der Waals surface area (Å²) in [6.45, 7) is 6.50. The molecule has 0 fully saturated rings. The van der Waals surface area contributed by atoms with Crippen LogP contribution in [0.4, 0.5) is 0 Å². The summed E-state index contributed by atoms with van der Waals surface area (Å²) in [6.07, 6.45) is 1.50. The van der Waals surface area contributed by atoms with Gasteiger partial charge in [-0.15, -0.1) is 6.58 Å². The molecule has 3 heteroatoms. The van der Waals surface area contributed by atoms with Gasteiger partial charge < -0.3 is 34.0 Å². The van der Waals surface area contributed by atoms with E-state index < -0.39 is 0 Å². The predicted molar refractivity (Wildman–Crippen MR) is 21.3 cm³/mol. The molecule has 36 valence electrons. The first-order valence-electron chi connectivity index (χ1n) is 0.816. The van der Waals surface area contributed by atoms with Crippen LogP contribution >= 0.6 is 0 Å². The van der Waals surface area contributed by atoms with Gasteiger partial charge in [-0.05, 0) is 6.92 Å². The fourth-order valence-corrected chi connectivity index (χ4v) is 0. The molecule has 0 amide bonds. The smallest absolute Gasteiger partial charge is 0 e. The molecule has 0 saturated heterocycles. The van der Waals surface area contributed by atoms with Gasteiger partial charge in [-0.25, -0.2) is 0 Å². The Balaban J connectivity index is -0.00000000667. The first-order chi connectivity index (χ1) is 1.41. The Labute approximate surface area is 78.7 Å². The molecule has 0 aromatic carbocycles. The minimum absolute atomic E-state index is 0. The van der Waals surface area contributed by atoms with Crippen LogP contribution in [0.1, 0.15) is 0 Å². The van der Waals surface area contributed by atoms with E-state index in [0.29, 0.717) is 0 Å². The molecule has 0 unspecified atom stereocenters. The summed E-state index contributed by atoms with van der Waals surface area (Å²) in [5.41, 5.74) is 0. The van der Waals surface area contributed by atoms with Gasteiger partial charge >= 0.3 is 0 Å². The summed E-state index contributed by atoms with van der Waals surface area (Å²) in [5, 5.41) is 0. The third-order valence-electron chi connectivity index (χ3n) is 0. The van der Waals surface area contributed by atoms with Gasteiger partial charge in [-0.1, -0.05) is 6.08 Å². The van der Waals surface area contributed by atoms with E-state index in [1.54, 1.807) is 0 Å². The van der Waals surface area contributed by atoms with Crippen LogP contribution in [0.2, 0.25) is 0 Å². The fourth-order valence-electron chi connectivity index (χ4n) is 0. The molecular weight excluding hydrogens is 311 g/mol. The molecule has 0 spiro atoms. The zero-order valence-electron chi connectivity index (χ0n) is 3.32. The van der Waals surface area contributed by atoms with Crippen LogP contribution in [0.5, 0.6) is 0 Å². The number of hydrogen-bond donors (Lipinski definition) is 0. The number of hydrogen-bond acceptors (Lipinski definition) is 0. The topological polar surface area (TPSA) is 0 Å². The van der Waals surface area contributed by atoms with Crippen LogP contribution in [0, 0.1) is 6.92 Å². The van der Waals surface area contributed by atoms with Crippen LogP contribution in [0.25, 0.3) is 0 Å². The molecular formula is C3H5Br2In-2. The third kappa shape index (κ3) is 47.2.